The summed E-state index contributed by atoms with van der Waals surface area (Å²) >= 11 is 0. The first-order chi connectivity index (χ1) is 5.01. The number of alkyl halides is 2. The summed E-state index contributed by atoms with van der Waals surface area (Å²) in [6.07, 6.45) is 0.509. The van der Waals surface area contributed by atoms with E-state index in [0.29, 0.717) is 12.3 Å². The van der Waals surface area contributed by atoms with E-state index < -0.39 is 12.5 Å². The Bertz CT molecular complexity index is 124. The van der Waals surface area contributed by atoms with Crippen molar-refractivity contribution in [2.45, 2.75) is 38.7 Å². The molecule has 0 spiro atoms. The zero-order valence-corrected chi connectivity index (χ0v) is 6.94. The van der Waals surface area contributed by atoms with Crippen LogP contribution in [0.15, 0.2) is 0 Å². The van der Waals surface area contributed by atoms with Crippen LogP contribution in [0.3, 0.4) is 0 Å². The van der Waals surface area contributed by atoms with Gasteiger partial charge in [0.2, 0.25) is 0 Å². The number of halogens is 2. The van der Waals surface area contributed by atoms with Crippen molar-refractivity contribution < 1.29 is 13.5 Å². The second-order valence-electron chi connectivity index (χ2n) is 3.49. The Labute approximate surface area is 65.7 Å². The highest BCUT2D eigenvalue weighted by molar-refractivity contribution is 4.76. The molecule has 0 N–H and O–H groups in total. The SMILES string of the molecule is CC(C)C1CCC(F)(F)CO1. The van der Waals surface area contributed by atoms with Crippen LogP contribution in [0.5, 0.6) is 0 Å². The minimum Gasteiger partial charge on any atom is -0.372 e. The van der Waals surface area contributed by atoms with Gasteiger partial charge in [-0.1, -0.05) is 13.8 Å². The summed E-state index contributed by atoms with van der Waals surface area (Å²) in [5.41, 5.74) is 0. The number of rotatable bonds is 1. The third kappa shape index (κ3) is 2.40. The first-order valence-electron chi connectivity index (χ1n) is 4.01. The fraction of sp³-hybridized carbons (Fsp3) is 1.00. The minimum atomic E-state index is -2.58. The highest BCUT2D eigenvalue weighted by atomic mass is 19.3. The van der Waals surface area contributed by atoms with Crippen LogP contribution in [0.4, 0.5) is 8.78 Å². The first kappa shape index (κ1) is 8.91. The third-order valence-electron chi connectivity index (χ3n) is 2.05. The Kier molecular flexibility index (Phi) is 2.47. The first-order valence-corrected chi connectivity index (χ1v) is 4.01. The number of ether oxygens (including phenoxy) is 1. The predicted octanol–water partition coefficient (Wildman–Crippen LogP) is 2.46. The van der Waals surface area contributed by atoms with Crippen molar-refractivity contribution in [2.24, 2.45) is 5.92 Å². The van der Waals surface area contributed by atoms with E-state index >= 15 is 0 Å². The largest absolute Gasteiger partial charge is 0.372 e. The van der Waals surface area contributed by atoms with Crippen LogP contribution in [0.2, 0.25) is 0 Å². The smallest absolute Gasteiger partial charge is 0.271 e. The fourth-order valence-corrected chi connectivity index (χ4v) is 1.26. The maximum Gasteiger partial charge on any atom is 0.271 e. The van der Waals surface area contributed by atoms with Crippen LogP contribution >= 0.6 is 0 Å². The predicted molar refractivity (Wildman–Crippen MR) is 38.8 cm³/mol. The molecule has 3 heteroatoms. The van der Waals surface area contributed by atoms with E-state index in [1.165, 1.54) is 0 Å². The summed E-state index contributed by atoms with van der Waals surface area (Å²) in [7, 11) is 0. The molecule has 0 aromatic rings. The monoisotopic (exact) mass is 164 g/mol. The molecule has 1 fully saturated rings. The Morgan fingerprint density at radius 2 is 2.09 bits per heavy atom. The zero-order chi connectivity index (χ0) is 8.48. The lowest BCUT2D eigenvalue weighted by atomic mass is 9.98. The van der Waals surface area contributed by atoms with E-state index in [1.807, 2.05) is 13.8 Å². The second kappa shape index (κ2) is 3.05. The molecule has 1 unspecified atom stereocenters. The topological polar surface area (TPSA) is 9.23 Å². The molecule has 0 aromatic heterocycles. The lowest BCUT2D eigenvalue weighted by Gasteiger charge is -2.30. The Morgan fingerprint density at radius 3 is 2.45 bits per heavy atom. The molecule has 1 heterocycles. The van der Waals surface area contributed by atoms with Gasteiger partial charge in [-0.25, -0.2) is 8.78 Å². The van der Waals surface area contributed by atoms with Crippen LogP contribution in [0, 0.1) is 5.92 Å². The Hall–Kier alpha value is -0.180. The second-order valence-corrected chi connectivity index (χ2v) is 3.49. The van der Waals surface area contributed by atoms with Crippen LogP contribution < -0.4 is 0 Å². The van der Waals surface area contributed by atoms with Gasteiger partial charge in [0, 0.05) is 6.42 Å². The van der Waals surface area contributed by atoms with Crippen molar-refractivity contribution in [1.82, 2.24) is 0 Å². The molecule has 1 aliphatic rings. The van der Waals surface area contributed by atoms with E-state index in [0.717, 1.165) is 0 Å². The molecule has 1 atom stereocenters. The van der Waals surface area contributed by atoms with Gasteiger partial charge in [0.1, 0.15) is 6.61 Å². The maximum atomic E-state index is 12.5. The summed E-state index contributed by atoms with van der Waals surface area (Å²) in [4.78, 5) is 0. The van der Waals surface area contributed by atoms with Gasteiger partial charge in [-0.2, -0.15) is 0 Å². The van der Waals surface area contributed by atoms with E-state index in [1.54, 1.807) is 0 Å². The van der Waals surface area contributed by atoms with Crippen LogP contribution in [0.25, 0.3) is 0 Å². The van der Waals surface area contributed by atoms with Gasteiger partial charge in [-0.05, 0) is 12.3 Å². The molecule has 1 aliphatic heterocycles. The van der Waals surface area contributed by atoms with Crippen molar-refractivity contribution in [3.8, 4) is 0 Å². The minimum absolute atomic E-state index is 0.0180. The van der Waals surface area contributed by atoms with Crippen molar-refractivity contribution in [3.05, 3.63) is 0 Å². The molecule has 0 bridgehead atoms. The van der Waals surface area contributed by atoms with Crippen LogP contribution in [-0.2, 0) is 4.74 Å². The molecule has 11 heavy (non-hydrogen) atoms. The lowest BCUT2D eigenvalue weighted by molar-refractivity contribution is -0.153. The molecule has 0 radical (unpaired) electrons. The van der Waals surface area contributed by atoms with Gasteiger partial charge >= 0.3 is 0 Å². The van der Waals surface area contributed by atoms with Gasteiger partial charge in [-0.15, -0.1) is 0 Å². The van der Waals surface area contributed by atoms with Crippen LogP contribution in [-0.4, -0.2) is 18.6 Å². The summed E-state index contributed by atoms with van der Waals surface area (Å²) in [6, 6.07) is 0. The molecule has 1 saturated heterocycles. The van der Waals surface area contributed by atoms with Crippen molar-refractivity contribution >= 4 is 0 Å². The quantitative estimate of drug-likeness (QED) is 0.578. The van der Waals surface area contributed by atoms with E-state index in [4.69, 9.17) is 4.74 Å². The fourth-order valence-electron chi connectivity index (χ4n) is 1.26. The van der Waals surface area contributed by atoms with Gasteiger partial charge < -0.3 is 4.74 Å². The van der Waals surface area contributed by atoms with E-state index in [2.05, 4.69) is 0 Å². The van der Waals surface area contributed by atoms with E-state index in [9.17, 15) is 8.78 Å². The van der Waals surface area contributed by atoms with Crippen molar-refractivity contribution in [3.63, 3.8) is 0 Å². The zero-order valence-electron chi connectivity index (χ0n) is 6.94. The molecule has 0 aliphatic carbocycles. The van der Waals surface area contributed by atoms with Gasteiger partial charge in [0.25, 0.3) is 5.92 Å². The average molecular weight is 164 g/mol. The third-order valence-corrected chi connectivity index (χ3v) is 2.05. The molecule has 0 saturated carbocycles. The normalized spacial score (nSPS) is 30.8. The maximum absolute atomic E-state index is 12.5. The Balaban J connectivity index is 2.36. The van der Waals surface area contributed by atoms with E-state index in [-0.39, 0.29) is 12.5 Å². The lowest BCUT2D eigenvalue weighted by Crippen LogP contribution is -2.36. The van der Waals surface area contributed by atoms with Crippen molar-refractivity contribution in [2.75, 3.05) is 6.61 Å². The van der Waals surface area contributed by atoms with Gasteiger partial charge in [-0.3, -0.25) is 0 Å². The standard InChI is InChI=1S/C8H14F2O/c1-6(2)7-3-4-8(9,10)5-11-7/h6-7H,3-5H2,1-2H3. The molecule has 1 rings (SSSR count). The highest BCUT2D eigenvalue weighted by Gasteiger charge is 2.36. The average Bonchev–Trinajstić information content (AvgIpc) is 1.86. The molecule has 0 aromatic carbocycles. The molecular weight excluding hydrogens is 150 g/mol. The van der Waals surface area contributed by atoms with Gasteiger partial charge in [0.05, 0.1) is 6.10 Å². The number of hydrogen-bond acceptors (Lipinski definition) is 1. The summed E-state index contributed by atoms with van der Waals surface area (Å²) in [6.45, 7) is 3.60. The van der Waals surface area contributed by atoms with Crippen molar-refractivity contribution in [1.29, 1.82) is 0 Å². The molecule has 66 valence electrons. The molecular formula is C8H14F2O. The number of hydrogen-bond donors (Lipinski definition) is 0. The molecule has 1 nitrogen and oxygen atoms in total. The Morgan fingerprint density at radius 1 is 1.45 bits per heavy atom. The summed E-state index contributed by atoms with van der Waals surface area (Å²) in [5, 5.41) is 0. The summed E-state index contributed by atoms with van der Waals surface area (Å²) in [5.74, 6) is -2.23. The summed E-state index contributed by atoms with van der Waals surface area (Å²) < 4.78 is 30.0. The highest BCUT2D eigenvalue weighted by Crippen LogP contribution is 2.30. The van der Waals surface area contributed by atoms with Gasteiger partial charge in [0.15, 0.2) is 0 Å². The van der Waals surface area contributed by atoms with Crippen LogP contribution in [0.1, 0.15) is 26.7 Å². The molecule has 0 amide bonds.